The van der Waals surface area contributed by atoms with E-state index in [0.717, 1.165) is 33.7 Å². The van der Waals surface area contributed by atoms with Crippen molar-refractivity contribution < 1.29 is 13.9 Å². The molecule has 2 aromatic carbocycles. The molecule has 1 fully saturated rings. The van der Waals surface area contributed by atoms with E-state index in [1.54, 1.807) is 23.4 Å². The summed E-state index contributed by atoms with van der Waals surface area (Å²) >= 11 is 0. The highest BCUT2D eigenvalue weighted by atomic mass is 19.1. The predicted octanol–water partition coefficient (Wildman–Crippen LogP) is 4.51. The minimum atomic E-state index is -0.284. The summed E-state index contributed by atoms with van der Waals surface area (Å²) in [5, 5.41) is 0.928. The van der Waals surface area contributed by atoms with Crippen molar-refractivity contribution in [1.82, 2.24) is 19.4 Å². The number of carbonyl (C=O) groups is 1. The number of piperazine rings is 1. The molecule has 168 valence electrons. The number of aromatic nitrogens is 3. The molecular weight excluding hydrogens is 421 g/mol. The summed E-state index contributed by atoms with van der Waals surface area (Å²) in [6.45, 7) is 4.57. The number of rotatable bonds is 4. The first-order chi connectivity index (χ1) is 16.2. The zero-order valence-corrected chi connectivity index (χ0v) is 18.3. The van der Waals surface area contributed by atoms with Crippen molar-refractivity contribution in [2.75, 3.05) is 37.7 Å². The fourth-order valence-electron chi connectivity index (χ4n) is 4.24. The smallest absolute Gasteiger partial charge is 0.409 e. The van der Waals surface area contributed by atoms with Gasteiger partial charge in [0.25, 0.3) is 0 Å². The SMILES string of the molecule is CCOC(=O)N1CCN(c2ncnc3c2c(-c2ccccc2)cn3-c2ccc(F)cc2)CC1. The van der Waals surface area contributed by atoms with Crippen LogP contribution in [-0.2, 0) is 4.74 Å². The lowest BCUT2D eigenvalue weighted by Gasteiger charge is -2.35. The first-order valence-electron chi connectivity index (χ1n) is 11.0. The second kappa shape index (κ2) is 8.90. The van der Waals surface area contributed by atoms with Gasteiger partial charge in [0, 0.05) is 43.6 Å². The third-order valence-electron chi connectivity index (χ3n) is 5.86. The van der Waals surface area contributed by atoms with Gasteiger partial charge < -0.3 is 19.1 Å². The van der Waals surface area contributed by atoms with E-state index in [-0.39, 0.29) is 11.9 Å². The maximum atomic E-state index is 13.6. The van der Waals surface area contributed by atoms with Crippen molar-refractivity contribution in [2.24, 2.45) is 0 Å². The molecule has 0 atom stereocenters. The van der Waals surface area contributed by atoms with Crippen LogP contribution in [0, 0.1) is 5.82 Å². The molecule has 0 N–H and O–H groups in total. The third kappa shape index (κ3) is 4.00. The number of amides is 1. The van der Waals surface area contributed by atoms with Crippen molar-refractivity contribution in [1.29, 1.82) is 0 Å². The Morgan fingerprint density at radius 3 is 2.42 bits per heavy atom. The molecular formula is C25H24FN5O2. The summed E-state index contributed by atoms with van der Waals surface area (Å²) in [6.07, 6.45) is 3.31. The number of nitrogens with zero attached hydrogens (tertiary/aromatic N) is 5. The molecule has 0 spiro atoms. The van der Waals surface area contributed by atoms with Crippen molar-refractivity contribution >= 4 is 22.9 Å². The fourth-order valence-corrected chi connectivity index (χ4v) is 4.24. The molecule has 4 aromatic rings. The summed E-state index contributed by atoms with van der Waals surface area (Å²) in [5.41, 5.74) is 3.61. The van der Waals surface area contributed by atoms with E-state index in [4.69, 9.17) is 4.74 Å². The molecule has 1 aliphatic heterocycles. The standard InChI is InChI=1S/C25H24FN5O2/c1-2-33-25(32)30-14-12-29(13-15-30)23-22-21(18-6-4-3-5-7-18)16-31(24(22)28-17-27-23)20-10-8-19(26)9-11-20/h3-11,16-17H,2,12-15H2,1H3. The maximum absolute atomic E-state index is 13.6. The zero-order valence-electron chi connectivity index (χ0n) is 18.3. The Balaban J connectivity index is 1.59. The van der Waals surface area contributed by atoms with Gasteiger partial charge in [-0.1, -0.05) is 30.3 Å². The molecule has 1 aliphatic rings. The lowest BCUT2D eigenvalue weighted by molar-refractivity contribution is 0.105. The number of halogens is 1. The summed E-state index contributed by atoms with van der Waals surface area (Å²) in [5.74, 6) is 0.538. The van der Waals surface area contributed by atoms with E-state index in [0.29, 0.717) is 32.8 Å². The van der Waals surface area contributed by atoms with E-state index in [9.17, 15) is 9.18 Å². The molecule has 33 heavy (non-hydrogen) atoms. The zero-order chi connectivity index (χ0) is 22.8. The van der Waals surface area contributed by atoms with Crippen LogP contribution in [-0.4, -0.2) is 58.3 Å². The molecule has 0 saturated carbocycles. The fraction of sp³-hybridized carbons (Fsp3) is 0.240. The molecule has 0 bridgehead atoms. The number of fused-ring (bicyclic) bond motifs is 1. The highest BCUT2D eigenvalue weighted by Crippen LogP contribution is 2.37. The number of carbonyl (C=O) groups excluding carboxylic acids is 1. The Bertz CT molecular complexity index is 1270. The lowest BCUT2D eigenvalue weighted by Crippen LogP contribution is -2.49. The maximum Gasteiger partial charge on any atom is 0.409 e. The van der Waals surface area contributed by atoms with Gasteiger partial charge in [-0.15, -0.1) is 0 Å². The summed E-state index contributed by atoms with van der Waals surface area (Å²) in [6, 6.07) is 16.5. The van der Waals surface area contributed by atoms with Gasteiger partial charge >= 0.3 is 6.09 Å². The van der Waals surface area contributed by atoms with Crippen LogP contribution in [0.2, 0.25) is 0 Å². The van der Waals surface area contributed by atoms with Crippen molar-refractivity contribution in [3.05, 3.63) is 72.9 Å². The molecule has 3 heterocycles. The average molecular weight is 445 g/mol. The number of hydrogen-bond acceptors (Lipinski definition) is 5. The van der Waals surface area contributed by atoms with Crippen LogP contribution in [0.5, 0.6) is 0 Å². The molecule has 7 nitrogen and oxygen atoms in total. The summed E-state index contributed by atoms with van der Waals surface area (Å²) in [4.78, 5) is 25.3. The van der Waals surface area contributed by atoms with Crippen LogP contribution in [0.4, 0.5) is 15.0 Å². The molecule has 0 aliphatic carbocycles. The van der Waals surface area contributed by atoms with Crippen LogP contribution in [0.15, 0.2) is 67.1 Å². The first-order valence-corrected chi connectivity index (χ1v) is 11.0. The molecule has 8 heteroatoms. The molecule has 0 unspecified atom stereocenters. The van der Waals surface area contributed by atoms with Crippen molar-refractivity contribution in [2.45, 2.75) is 6.92 Å². The van der Waals surface area contributed by atoms with Crippen LogP contribution < -0.4 is 4.90 Å². The summed E-state index contributed by atoms with van der Waals surface area (Å²) < 4.78 is 20.7. The van der Waals surface area contributed by atoms with E-state index in [1.165, 1.54) is 12.1 Å². The molecule has 1 amide bonds. The van der Waals surface area contributed by atoms with Gasteiger partial charge in [0.05, 0.1) is 12.0 Å². The van der Waals surface area contributed by atoms with Gasteiger partial charge in [-0.25, -0.2) is 19.2 Å². The largest absolute Gasteiger partial charge is 0.450 e. The highest BCUT2D eigenvalue weighted by molar-refractivity contribution is 6.02. The van der Waals surface area contributed by atoms with Gasteiger partial charge in [0.1, 0.15) is 18.0 Å². The molecule has 0 radical (unpaired) electrons. The number of ether oxygens (including phenoxy) is 1. The van der Waals surface area contributed by atoms with Crippen LogP contribution in [0.3, 0.4) is 0 Å². The first kappa shape index (κ1) is 20.9. The molecule has 1 saturated heterocycles. The van der Waals surface area contributed by atoms with Gasteiger partial charge in [0.15, 0.2) is 5.65 Å². The van der Waals surface area contributed by atoms with Gasteiger partial charge in [-0.3, -0.25) is 0 Å². The summed E-state index contributed by atoms with van der Waals surface area (Å²) in [7, 11) is 0. The third-order valence-corrected chi connectivity index (χ3v) is 5.86. The van der Waals surface area contributed by atoms with E-state index < -0.39 is 0 Å². The lowest BCUT2D eigenvalue weighted by atomic mass is 10.1. The Kier molecular flexibility index (Phi) is 5.64. The van der Waals surface area contributed by atoms with Gasteiger partial charge in [-0.05, 0) is 36.8 Å². The minimum Gasteiger partial charge on any atom is -0.450 e. The Labute approximate surface area is 191 Å². The minimum absolute atomic E-state index is 0.280. The van der Waals surface area contributed by atoms with Crippen LogP contribution in [0.25, 0.3) is 27.8 Å². The Hall–Kier alpha value is -3.94. The number of hydrogen-bond donors (Lipinski definition) is 0. The number of benzene rings is 2. The van der Waals surface area contributed by atoms with E-state index in [2.05, 4.69) is 27.0 Å². The molecule has 2 aromatic heterocycles. The second-order valence-corrected chi connectivity index (χ2v) is 7.82. The average Bonchev–Trinajstić information content (AvgIpc) is 3.25. The predicted molar refractivity (Wildman–Crippen MR) is 125 cm³/mol. The van der Waals surface area contributed by atoms with Crippen LogP contribution >= 0.6 is 0 Å². The van der Waals surface area contributed by atoms with Crippen molar-refractivity contribution in [3.63, 3.8) is 0 Å². The molecule has 5 rings (SSSR count). The highest BCUT2D eigenvalue weighted by Gasteiger charge is 2.26. The van der Waals surface area contributed by atoms with Gasteiger partial charge in [-0.2, -0.15) is 0 Å². The van der Waals surface area contributed by atoms with E-state index in [1.807, 2.05) is 35.9 Å². The Morgan fingerprint density at radius 1 is 1.00 bits per heavy atom. The monoisotopic (exact) mass is 445 g/mol. The quantitative estimate of drug-likeness (QED) is 0.463. The van der Waals surface area contributed by atoms with Crippen molar-refractivity contribution in [3.8, 4) is 16.8 Å². The second-order valence-electron chi connectivity index (χ2n) is 7.82. The normalized spacial score (nSPS) is 14.0. The topological polar surface area (TPSA) is 63.5 Å². The van der Waals surface area contributed by atoms with E-state index >= 15 is 0 Å². The Morgan fingerprint density at radius 2 is 1.73 bits per heavy atom. The number of anilines is 1. The van der Waals surface area contributed by atoms with Gasteiger partial charge in [0.2, 0.25) is 0 Å². The van der Waals surface area contributed by atoms with Crippen LogP contribution in [0.1, 0.15) is 6.92 Å².